The summed E-state index contributed by atoms with van der Waals surface area (Å²) in [5, 5.41) is 5.73. The highest BCUT2D eigenvalue weighted by Crippen LogP contribution is 2.28. The van der Waals surface area contributed by atoms with Crippen molar-refractivity contribution in [3.05, 3.63) is 82.1 Å². The van der Waals surface area contributed by atoms with Crippen LogP contribution in [0.2, 0.25) is 0 Å². The van der Waals surface area contributed by atoms with E-state index in [0.717, 1.165) is 22.0 Å². The first-order chi connectivity index (χ1) is 15.3. The van der Waals surface area contributed by atoms with Gasteiger partial charge in [0.15, 0.2) is 0 Å². The lowest BCUT2D eigenvalue weighted by atomic mass is 10.1. The Kier molecular flexibility index (Phi) is 5.68. The van der Waals surface area contributed by atoms with Crippen LogP contribution in [-0.4, -0.2) is 17.0 Å². The van der Waals surface area contributed by atoms with Crippen LogP contribution < -0.4 is 15.6 Å². The van der Waals surface area contributed by atoms with Crippen molar-refractivity contribution in [3.8, 4) is 5.75 Å². The Labute approximate surface area is 184 Å². The standard InChI is InChI=1S/C24H23N3O5/c1-13-9-19(15(3)31-13)23(28)25-26-24(29)20-10-17-7-5-6-8-18(17)11-22(20)30-12-21-14(2)27-32-16(21)4/h5-11H,12H2,1-4H3,(H,25,28)(H,26,29). The molecule has 0 bridgehead atoms. The van der Waals surface area contributed by atoms with Gasteiger partial charge in [-0.15, -0.1) is 0 Å². The van der Waals surface area contributed by atoms with Crippen molar-refractivity contribution in [1.82, 2.24) is 16.0 Å². The first-order valence-electron chi connectivity index (χ1n) is 10.1. The normalized spacial score (nSPS) is 10.9. The molecule has 0 aliphatic heterocycles. The Morgan fingerprint density at radius 2 is 1.56 bits per heavy atom. The maximum Gasteiger partial charge on any atom is 0.273 e. The van der Waals surface area contributed by atoms with Crippen molar-refractivity contribution >= 4 is 22.6 Å². The van der Waals surface area contributed by atoms with Crippen LogP contribution in [-0.2, 0) is 6.61 Å². The fraction of sp³-hybridized carbons (Fsp3) is 0.208. The molecule has 8 heteroatoms. The number of benzene rings is 2. The highest BCUT2D eigenvalue weighted by molar-refractivity contribution is 6.03. The van der Waals surface area contributed by atoms with Crippen molar-refractivity contribution in [2.75, 3.05) is 0 Å². The summed E-state index contributed by atoms with van der Waals surface area (Å²) < 4.78 is 16.6. The molecule has 8 nitrogen and oxygen atoms in total. The molecule has 0 unspecified atom stereocenters. The van der Waals surface area contributed by atoms with Crippen LogP contribution in [0, 0.1) is 27.7 Å². The third-order valence-electron chi connectivity index (χ3n) is 5.22. The minimum atomic E-state index is -0.504. The van der Waals surface area contributed by atoms with E-state index in [1.54, 1.807) is 32.0 Å². The summed E-state index contributed by atoms with van der Waals surface area (Å²) >= 11 is 0. The molecule has 2 aromatic heterocycles. The second-order valence-corrected chi connectivity index (χ2v) is 7.52. The van der Waals surface area contributed by atoms with Crippen molar-refractivity contribution in [3.63, 3.8) is 0 Å². The maximum atomic E-state index is 13.0. The van der Waals surface area contributed by atoms with Crippen LogP contribution in [0.1, 0.15) is 49.3 Å². The molecule has 0 fully saturated rings. The largest absolute Gasteiger partial charge is 0.488 e. The van der Waals surface area contributed by atoms with Gasteiger partial charge in [0.05, 0.1) is 22.4 Å². The zero-order chi connectivity index (χ0) is 22.8. The van der Waals surface area contributed by atoms with Crippen molar-refractivity contribution in [2.24, 2.45) is 0 Å². The lowest BCUT2D eigenvalue weighted by Crippen LogP contribution is -2.41. The molecule has 32 heavy (non-hydrogen) atoms. The maximum absolute atomic E-state index is 13.0. The minimum absolute atomic E-state index is 0.194. The number of amides is 2. The van der Waals surface area contributed by atoms with E-state index in [2.05, 4.69) is 16.0 Å². The number of furan rings is 1. The van der Waals surface area contributed by atoms with Crippen LogP contribution in [0.3, 0.4) is 0 Å². The van der Waals surface area contributed by atoms with Gasteiger partial charge in [-0.1, -0.05) is 29.4 Å². The minimum Gasteiger partial charge on any atom is -0.488 e. The molecule has 4 rings (SSSR count). The zero-order valence-corrected chi connectivity index (χ0v) is 18.2. The average Bonchev–Trinajstić information content (AvgIpc) is 3.29. The molecule has 2 N–H and O–H groups in total. The Bertz CT molecular complexity index is 1300. The van der Waals surface area contributed by atoms with E-state index >= 15 is 0 Å². The molecule has 0 aliphatic carbocycles. The van der Waals surface area contributed by atoms with Gasteiger partial charge in [-0.3, -0.25) is 20.4 Å². The Balaban J connectivity index is 1.58. The van der Waals surface area contributed by atoms with E-state index in [4.69, 9.17) is 13.7 Å². The average molecular weight is 433 g/mol. The molecule has 4 aromatic rings. The van der Waals surface area contributed by atoms with Gasteiger partial charge in [0.2, 0.25) is 0 Å². The van der Waals surface area contributed by atoms with Crippen molar-refractivity contribution in [2.45, 2.75) is 34.3 Å². The molecule has 0 atom stereocenters. The van der Waals surface area contributed by atoms with Gasteiger partial charge in [0.1, 0.15) is 29.6 Å². The number of rotatable bonds is 5. The molecule has 2 amide bonds. The summed E-state index contributed by atoms with van der Waals surface area (Å²) in [7, 11) is 0. The first-order valence-corrected chi connectivity index (χ1v) is 10.1. The molecule has 0 saturated heterocycles. The predicted octanol–water partition coefficient (Wildman–Crippen LogP) is 4.31. The Hall–Kier alpha value is -4.07. The number of hydrogen-bond donors (Lipinski definition) is 2. The Morgan fingerprint density at radius 1 is 0.906 bits per heavy atom. The van der Waals surface area contributed by atoms with Crippen LogP contribution >= 0.6 is 0 Å². The van der Waals surface area contributed by atoms with E-state index < -0.39 is 11.8 Å². The van der Waals surface area contributed by atoms with Crippen LogP contribution in [0.4, 0.5) is 0 Å². The smallest absolute Gasteiger partial charge is 0.273 e. The summed E-state index contributed by atoms with van der Waals surface area (Å²) in [5.41, 5.74) is 7.10. The lowest BCUT2D eigenvalue weighted by molar-refractivity contribution is 0.0843. The third-order valence-corrected chi connectivity index (χ3v) is 5.22. The van der Waals surface area contributed by atoms with Gasteiger partial charge in [-0.05, 0) is 56.7 Å². The molecule has 0 aliphatic rings. The fourth-order valence-corrected chi connectivity index (χ4v) is 3.48. The number of ether oxygens (including phenoxy) is 1. The van der Waals surface area contributed by atoms with E-state index in [0.29, 0.717) is 28.6 Å². The molecule has 2 aromatic carbocycles. The number of aryl methyl sites for hydroxylation is 4. The number of carbonyl (C=O) groups excluding carboxylic acids is 2. The molecule has 0 radical (unpaired) electrons. The number of fused-ring (bicyclic) bond motifs is 1. The number of nitrogens with one attached hydrogen (secondary N) is 2. The first kappa shape index (κ1) is 21.2. The van der Waals surface area contributed by atoms with Crippen LogP contribution in [0.5, 0.6) is 5.75 Å². The monoisotopic (exact) mass is 433 g/mol. The summed E-state index contributed by atoms with van der Waals surface area (Å²) in [6, 6.07) is 12.8. The van der Waals surface area contributed by atoms with Gasteiger partial charge in [-0.25, -0.2) is 0 Å². The summed E-state index contributed by atoms with van der Waals surface area (Å²) in [5.74, 6) is 1.16. The van der Waals surface area contributed by atoms with Gasteiger partial charge in [0.25, 0.3) is 11.8 Å². The Morgan fingerprint density at radius 3 is 2.16 bits per heavy atom. The molecular formula is C24H23N3O5. The number of hydrazine groups is 1. The van der Waals surface area contributed by atoms with Crippen LogP contribution in [0.25, 0.3) is 10.8 Å². The topological polar surface area (TPSA) is 107 Å². The molecule has 0 spiro atoms. The number of carbonyl (C=O) groups is 2. The van der Waals surface area contributed by atoms with Gasteiger partial charge >= 0.3 is 0 Å². The SMILES string of the molecule is Cc1cc(C(=O)NNC(=O)c2cc3ccccc3cc2OCc2c(C)noc2C)c(C)o1. The quantitative estimate of drug-likeness (QED) is 0.454. The van der Waals surface area contributed by atoms with Crippen LogP contribution in [0.15, 0.2) is 51.4 Å². The zero-order valence-electron chi connectivity index (χ0n) is 18.2. The van der Waals surface area contributed by atoms with E-state index in [-0.39, 0.29) is 12.2 Å². The lowest BCUT2D eigenvalue weighted by Gasteiger charge is -2.14. The summed E-state index contributed by atoms with van der Waals surface area (Å²) in [6.07, 6.45) is 0. The predicted molar refractivity (Wildman–Crippen MR) is 117 cm³/mol. The number of nitrogens with zero attached hydrogens (tertiary/aromatic N) is 1. The molecule has 0 saturated carbocycles. The van der Waals surface area contributed by atoms with Gasteiger partial charge in [-0.2, -0.15) is 0 Å². The van der Waals surface area contributed by atoms with E-state index in [9.17, 15) is 9.59 Å². The fourth-order valence-electron chi connectivity index (χ4n) is 3.48. The van der Waals surface area contributed by atoms with Gasteiger partial charge < -0.3 is 13.7 Å². The molecule has 2 heterocycles. The third kappa shape index (κ3) is 4.20. The summed E-state index contributed by atoms with van der Waals surface area (Å²) in [4.78, 5) is 25.4. The number of aromatic nitrogens is 1. The van der Waals surface area contributed by atoms with Crippen molar-refractivity contribution < 1.29 is 23.3 Å². The van der Waals surface area contributed by atoms with Gasteiger partial charge in [0, 0.05) is 0 Å². The highest BCUT2D eigenvalue weighted by atomic mass is 16.5. The second kappa shape index (κ2) is 8.58. The van der Waals surface area contributed by atoms with E-state index in [1.165, 1.54) is 0 Å². The van der Waals surface area contributed by atoms with Crippen molar-refractivity contribution in [1.29, 1.82) is 0 Å². The molecule has 164 valence electrons. The summed E-state index contributed by atoms with van der Waals surface area (Å²) in [6.45, 7) is 7.27. The number of hydrogen-bond acceptors (Lipinski definition) is 6. The highest BCUT2D eigenvalue weighted by Gasteiger charge is 2.19. The second-order valence-electron chi connectivity index (χ2n) is 7.52. The molecular weight excluding hydrogens is 410 g/mol. The van der Waals surface area contributed by atoms with E-state index in [1.807, 2.05) is 38.1 Å².